The molecule has 5 rings (SSSR count). The van der Waals surface area contributed by atoms with Crippen LogP contribution in [0.5, 0.6) is 5.75 Å². The highest BCUT2D eigenvalue weighted by molar-refractivity contribution is 5.90. The van der Waals surface area contributed by atoms with Crippen LogP contribution in [-0.2, 0) is 0 Å². The number of carboxylic acids is 1. The van der Waals surface area contributed by atoms with Crippen LogP contribution in [0.4, 0.5) is 0 Å². The van der Waals surface area contributed by atoms with Crippen molar-refractivity contribution in [2.75, 3.05) is 0 Å². The topological polar surface area (TPSA) is 57.5 Å². The average Bonchev–Trinajstić information content (AvgIpc) is 2.37. The van der Waals surface area contributed by atoms with Crippen molar-refractivity contribution in [2.24, 2.45) is 23.7 Å². The molecule has 2 N–H and O–H groups in total. The van der Waals surface area contributed by atoms with Crippen LogP contribution in [0.1, 0.15) is 53.9 Å². The molecule has 4 saturated carbocycles. The number of rotatable bonds is 2. The molecule has 1 aromatic carbocycles. The molecule has 4 aliphatic rings. The first kappa shape index (κ1) is 12.2. The van der Waals surface area contributed by atoms with Gasteiger partial charge in [-0.3, -0.25) is 0 Å². The van der Waals surface area contributed by atoms with Crippen molar-refractivity contribution in [3.63, 3.8) is 0 Å². The van der Waals surface area contributed by atoms with Crippen LogP contribution in [0.15, 0.2) is 18.2 Å². The van der Waals surface area contributed by atoms with E-state index in [9.17, 15) is 9.90 Å². The zero-order chi connectivity index (χ0) is 13.9. The molecule has 4 bridgehead atoms. The highest BCUT2D eigenvalue weighted by atomic mass is 16.4. The Balaban J connectivity index is 1.68. The van der Waals surface area contributed by atoms with Gasteiger partial charge in [-0.15, -0.1) is 0 Å². The maximum atomic E-state index is 11.0. The fraction of sp³-hybridized carbons (Fsp3) is 0.588. The molecule has 0 saturated heterocycles. The van der Waals surface area contributed by atoms with Gasteiger partial charge in [0.1, 0.15) is 11.3 Å². The molecule has 4 fully saturated rings. The highest BCUT2D eigenvalue weighted by Crippen LogP contribution is 2.59. The maximum absolute atomic E-state index is 11.0. The summed E-state index contributed by atoms with van der Waals surface area (Å²) in [5, 5.41) is 18.9. The largest absolute Gasteiger partial charge is 0.507 e. The number of phenols is 1. The van der Waals surface area contributed by atoms with E-state index in [1.54, 1.807) is 12.1 Å². The minimum absolute atomic E-state index is 0.0116. The second-order valence-corrected chi connectivity index (χ2v) is 7.04. The lowest BCUT2D eigenvalue weighted by Gasteiger charge is -2.54. The first-order valence-corrected chi connectivity index (χ1v) is 7.68. The van der Waals surface area contributed by atoms with Crippen molar-refractivity contribution in [3.8, 4) is 5.75 Å². The first-order chi connectivity index (χ1) is 9.61. The summed E-state index contributed by atoms with van der Waals surface area (Å²) < 4.78 is 0. The standard InChI is InChI=1S/C17H20O3/c18-15-8-11(1-2-14(15)17(19)20)16-12-4-9-3-10(6-12)7-13(16)5-9/h1-2,8-10,12-13,16,18H,3-7H2,(H,19,20). The number of aromatic carboxylic acids is 1. The lowest BCUT2D eigenvalue weighted by molar-refractivity contribution is -0.00282. The van der Waals surface area contributed by atoms with Gasteiger partial charge in [-0.05, 0) is 79.4 Å². The van der Waals surface area contributed by atoms with Gasteiger partial charge in [0, 0.05) is 0 Å². The SMILES string of the molecule is O=C(O)c1ccc(C2C3CC4CC(C3)CC2C4)cc1O. The van der Waals surface area contributed by atoms with Crippen molar-refractivity contribution in [1.29, 1.82) is 0 Å². The molecule has 0 spiro atoms. The summed E-state index contributed by atoms with van der Waals surface area (Å²) in [6.45, 7) is 0. The second kappa shape index (κ2) is 4.24. The second-order valence-electron chi connectivity index (χ2n) is 7.04. The van der Waals surface area contributed by atoms with Gasteiger partial charge < -0.3 is 10.2 Å². The summed E-state index contributed by atoms with van der Waals surface area (Å²) in [6, 6.07) is 5.20. The molecule has 3 heteroatoms. The van der Waals surface area contributed by atoms with Gasteiger partial charge >= 0.3 is 5.97 Å². The van der Waals surface area contributed by atoms with E-state index in [2.05, 4.69) is 0 Å². The molecule has 1 aromatic rings. The third-order valence-electron chi connectivity index (χ3n) is 5.86. The van der Waals surface area contributed by atoms with Gasteiger partial charge in [-0.2, -0.15) is 0 Å². The fourth-order valence-electron chi connectivity index (χ4n) is 5.41. The summed E-state index contributed by atoms with van der Waals surface area (Å²) in [6.07, 6.45) is 6.76. The quantitative estimate of drug-likeness (QED) is 0.864. The van der Waals surface area contributed by atoms with E-state index in [-0.39, 0.29) is 11.3 Å². The molecule has 0 atom stereocenters. The van der Waals surface area contributed by atoms with E-state index in [4.69, 9.17) is 5.11 Å². The smallest absolute Gasteiger partial charge is 0.339 e. The lowest BCUT2D eigenvalue weighted by atomic mass is 9.51. The first-order valence-electron chi connectivity index (χ1n) is 7.68. The minimum atomic E-state index is -1.06. The molecule has 0 radical (unpaired) electrons. The van der Waals surface area contributed by atoms with Crippen LogP contribution in [0.2, 0.25) is 0 Å². The lowest BCUT2D eigenvalue weighted by Crippen LogP contribution is -2.43. The van der Waals surface area contributed by atoms with E-state index in [1.807, 2.05) is 6.07 Å². The zero-order valence-electron chi connectivity index (χ0n) is 11.5. The Labute approximate surface area is 118 Å². The Morgan fingerprint density at radius 1 is 1.00 bits per heavy atom. The molecule has 106 valence electrons. The van der Waals surface area contributed by atoms with Crippen molar-refractivity contribution in [2.45, 2.75) is 38.0 Å². The van der Waals surface area contributed by atoms with E-state index in [0.717, 1.165) is 29.2 Å². The third kappa shape index (κ3) is 1.75. The van der Waals surface area contributed by atoms with Gasteiger partial charge in [-0.1, -0.05) is 6.07 Å². The van der Waals surface area contributed by atoms with Crippen molar-refractivity contribution in [3.05, 3.63) is 29.3 Å². The summed E-state index contributed by atoms with van der Waals surface area (Å²) in [4.78, 5) is 11.0. The Morgan fingerprint density at radius 3 is 2.10 bits per heavy atom. The molecule has 20 heavy (non-hydrogen) atoms. The molecule has 0 amide bonds. The molecule has 0 unspecified atom stereocenters. The van der Waals surface area contributed by atoms with Crippen LogP contribution in [0.3, 0.4) is 0 Å². The average molecular weight is 272 g/mol. The summed E-state index contributed by atoms with van der Waals surface area (Å²) in [5.74, 6) is 2.77. The number of aromatic hydroxyl groups is 1. The summed E-state index contributed by atoms with van der Waals surface area (Å²) in [5.41, 5.74) is 1.17. The Hall–Kier alpha value is -1.51. The molecular formula is C17H20O3. The van der Waals surface area contributed by atoms with Crippen molar-refractivity contribution >= 4 is 5.97 Å². The number of hydrogen-bond acceptors (Lipinski definition) is 2. The van der Waals surface area contributed by atoms with Crippen LogP contribution in [-0.4, -0.2) is 16.2 Å². The van der Waals surface area contributed by atoms with Gasteiger partial charge in [-0.25, -0.2) is 4.79 Å². The predicted molar refractivity (Wildman–Crippen MR) is 74.9 cm³/mol. The Morgan fingerprint density at radius 2 is 1.60 bits per heavy atom. The molecule has 0 heterocycles. The normalized spacial score (nSPS) is 38.1. The monoisotopic (exact) mass is 272 g/mol. The summed E-state index contributed by atoms with van der Waals surface area (Å²) >= 11 is 0. The van der Waals surface area contributed by atoms with Crippen LogP contribution in [0, 0.1) is 23.7 Å². The maximum Gasteiger partial charge on any atom is 0.339 e. The Bertz CT molecular complexity index is 535. The molecule has 3 nitrogen and oxygen atoms in total. The van der Waals surface area contributed by atoms with Crippen LogP contribution >= 0.6 is 0 Å². The van der Waals surface area contributed by atoms with Gasteiger partial charge in [0.2, 0.25) is 0 Å². The van der Waals surface area contributed by atoms with Gasteiger partial charge in [0.25, 0.3) is 0 Å². The van der Waals surface area contributed by atoms with E-state index < -0.39 is 5.97 Å². The van der Waals surface area contributed by atoms with E-state index in [1.165, 1.54) is 32.1 Å². The minimum Gasteiger partial charge on any atom is -0.507 e. The third-order valence-corrected chi connectivity index (χ3v) is 5.86. The highest BCUT2D eigenvalue weighted by Gasteiger charge is 2.48. The fourth-order valence-corrected chi connectivity index (χ4v) is 5.41. The van der Waals surface area contributed by atoms with E-state index >= 15 is 0 Å². The molecule has 0 aliphatic heterocycles. The Kier molecular flexibility index (Phi) is 2.60. The number of benzene rings is 1. The van der Waals surface area contributed by atoms with Crippen LogP contribution in [0.25, 0.3) is 0 Å². The van der Waals surface area contributed by atoms with Crippen molar-refractivity contribution < 1.29 is 15.0 Å². The number of hydrogen-bond donors (Lipinski definition) is 2. The number of carboxylic acid groups (broad SMARTS) is 1. The molecule has 4 aliphatic carbocycles. The van der Waals surface area contributed by atoms with Crippen LogP contribution < -0.4 is 0 Å². The van der Waals surface area contributed by atoms with E-state index in [0.29, 0.717) is 5.92 Å². The van der Waals surface area contributed by atoms with Gasteiger partial charge in [0.05, 0.1) is 0 Å². The zero-order valence-corrected chi connectivity index (χ0v) is 11.5. The molecule has 0 aromatic heterocycles. The number of carbonyl (C=O) groups is 1. The predicted octanol–water partition coefficient (Wildman–Crippen LogP) is 3.63. The molecular weight excluding hydrogens is 252 g/mol. The van der Waals surface area contributed by atoms with Gasteiger partial charge in [0.15, 0.2) is 0 Å². The van der Waals surface area contributed by atoms with Crippen molar-refractivity contribution in [1.82, 2.24) is 0 Å². The summed E-state index contributed by atoms with van der Waals surface area (Å²) in [7, 11) is 0.